The molecule has 7 N–H and O–H groups in total. The molecule has 0 bridgehead atoms. The van der Waals surface area contributed by atoms with Crippen LogP contribution in [0.2, 0.25) is 0 Å². The van der Waals surface area contributed by atoms with Crippen LogP contribution in [-0.4, -0.2) is 91.9 Å². The highest BCUT2D eigenvalue weighted by molar-refractivity contribution is 5.99. The van der Waals surface area contributed by atoms with E-state index in [1.54, 1.807) is 6.07 Å². The van der Waals surface area contributed by atoms with Gasteiger partial charge < -0.3 is 35.6 Å². The van der Waals surface area contributed by atoms with E-state index in [-0.39, 0.29) is 13.2 Å². The van der Waals surface area contributed by atoms with Crippen LogP contribution in [0.25, 0.3) is 10.9 Å². The van der Waals surface area contributed by atoms with Gasteiger partial charge in [-0.15, -0.1) is 0 Å². The number of benzene rings is 1. The Labute approximate surface area is 159 Å². The third kappa shape index (κ3) is 4.00. The van der Waals surface area contributed by atoms with Gasteiger partial charge in [-0.05, 0) is 12.1 Å². The van der Waals surface area contributed by atoms with Gasteiger partial charge in [0.25, 0.3) is 5.91 Å². The summed E-state index contributed by atoms with van der Waals surface area (Å²) in [5, 5.41) is 57.7. The van der Waals surface area contributed by atoms with Crippen LogP contribution in [0.5, 0.6) is 0 Å². The van der Waals surface area contributed by atoms with Gasteiger partial charge in [0.1, 0.15) is 30.5 Å². The highest BCUT2D eigenvalue weighted by Crippen LogP contribution is 2.22. The van der Waals surface area contributed by atoms with Crippen LogP contribution in [0.1, 0.15) is 15.9 Å². The van der Waals surface area contributed by atoms with Crippen LogP contribution >= 0.6 is 0 Å². The molecule has 1 aromatic carbocycles. The summed E-state index contributed by atoms with van der Waals surface area (Å²) in [7, 11) is 0. The zero-order valence-corrected chi connectivity index (χ0v) is 14.7. The fraction of sp³-hybridized carbons (Fsp3) is 0.444. The number of aliphatic hydroxyl groups is 5. The number of hydrogen-bond donors (Lipinski definition) is 7. The second-order valence-corrected chi connectivity index (χ2v) is 6.36. The summed E-state index contributed by atoms with van der Waals surface area (Å²) in [5.74, 6) is 5.07. The van der Waals surface area contributed by atoms with Crippen molar-refractivity contribution in [1.82, 2.24) is 15.5 Å². The second-order valence-electron chi connectivity index (χ2n) is 6.36. The van der Waals surface area contributed by atoms with Crippen LogP contribution < -0.4 is 5.32 Å². The number of ether oxygens (including phenoxy) is 1. The Morgan fingerprint density at radius 3 is 2.71 bits per heavy atom. The molecule has 3 rings (SSSR count). The van der Waals surface area contributed by atoms with Gasteiger partial charge in [0.15, 0.2) is 0 Å². The SMILES string of the molecule is O=C(NCCO)c1cc(C#C[C@H]2O[C@H](CO)[C@@H](O)[C@H](O)[C@@H]2O)c2[nH]ncc2c1. The van der Waals surface area contributed by atoms with E-state index in [0.717, 1.165) is 0 Å². The number of hydrogen-bond acceptors (Lipinski definition) is 8. The lowest BCUT2D eigenvalue weighted by atomic mass is 9.95. The quantitative estimate of drug-likeness (QED) is 0.280. The molecule has 0 radical (unpaired) electrons. The Kier molecular flexibility index (Phi) is 6.25. The smallest absolute Gasteiger partial charge is 0.251 e. The molecule has 10 heteroatoms. The van der Waals surface area contributed by atoms with Gasteiger partial charge in [0, 0.05) is 17.5 Å². The maximum absolute atomic E-state index is 12.2. The average molecular weight is 391 g/mol. The third-order valence-electron chi connectivity index (χ3n) is 4.45. The minimum Gasteiger partial charge on any atom is -0.395 e. The number of aromatic amines is 1. The molecule has 1 saturated heterocycles. The molecule has 1 aromatic heterocycles. The molecule has 0 unspecified atom stereocenters. The molecule has 2 heterocycles. The molecule has 2 aromatic rings. The van der Waals surface area contributed by atoms with E-state index in [4.69, 9.17) is 9.84 Å². The molecule has 0 spiro atoms. The number of H-pyrrole nitrogens is 1. The van der Waals surface area contributed by atoms with E-state index in [1.807, 2.05) is 0 Å². The fourth-order valence-corrected chi connectivity index (χ4v) is 2.93. The van der Waals surface area contributed by atoms with Crippen molar-refractivity contribution in [3.63, 3.8) is 0 Å². The summed E-state index contributed by atoms with van der Waals surface area (Å²) >= 11 is 0. The van der Waals surface area contributed by atoms with Crippen molar-refractivity contribution in [2.75, 3.05) is 19.8 Å². The lowest BCUT2D eigenvalue weighted by Gasteiger charge is -2.37. The number of carbonyl (C=O) groups excluding carboxylic acids is 1. The largest absolute Gasteiger partial charge is 0.395 e. The monoisotopic (exact) mass is 391 g/mol. The van der Waals surface area contributed by atoms with E-state index in [2.05, 4.69) is 27.4 Å². The van der Waals surface area contributed by atoms with E-state index < -0.39 is 43.0 Å². The zero-order valence-electron chi connectivity index (χ0n) is 14.7. The van der Waals surface area contributed by atoms with E-state index in [9.17, 15) is 25.2 Å². The van der Waals surface area contributed by atoms with Gasteiger partial charge in [-0.3, -0.25) is 9.89 Å². The molecule has 1 amide bonds. The van der Waals surface area contributed by atoms with E-state index >= 15 is 0 Å². The molecule has 5 atom stereocenters. The molecular formula is C18H21N3O7. The van der Waals surface area contributed by atoms with E-state index in [1.165, 1.54) is 12.3 Å². The van der Waals surface area contributed by atoms with Gasteiger partial charge >= 0.3 is 0 Å². The van der Waals surface area contributed by atoms with Crippen molar-refractivity contribution >= 4 is 16.8 Å². The normalized spacial score (nSPS) is 27.2. The summed E-state index contributed by atoms with van der Waals surface area (Å²) in [5.41, 5.74) is 1.28. The topological polar surface area (TPSA) is 168 Å². The summed E-state index contributed by atoms with van der Waals surface area (Å²) < 4.78 is 5.36. The Morgan fingerprint density at radius 1 is 1.21 bits per heavy atom. The Morgan fingerprint density at radius 2 is 2.00 bits per heavy atom. The van der Waals surface area contributed by atoms with Crippen LogP contribution in [0.15, 0.2) is 18.3 Å². The van der Waals surface area contributed by atoms with Crippen molar-refractivity contribution in [1.29, 1.82) is 0 Å². The molecule has 150 valence electrons. The van der Waals surface area contributed by atoms with Crippen molar-refractivity contribution < 1.29 is 35.1 Å². The maximum atomic E-state index is 12.2. The molecule has 0 saturated carbocycles. The van der Waals surface area contributed by atoms with Crippen molar-refractivity contribution in [3.05, 3.63) is 29.5 Å². The van der Waals surface area contributed by atoms with Crippen molar-refractivity contribution in [2.45, 2.75) is 30.5 Å². The number of rotatable bonds is 4. The molecule has 10 nitrogen and oxygen atoms in total. The second kappa shape index (κ2) is 8.66. The zero-order chi connectivity index (χ0) is 20.3. The van der Waals surface area contributed by atoms with Crippen LogP contribution in [0.4, 0.5) is 0 Å². The molecule has 0 aliphatic carbocycles. The molecule has 1 aliphatic rings. The summed E-state index contributed by atoms with van der Waals surface area (Å²) in [4.78, 5) is 12.2. The first kappa shape index (κ1) is 20.2. The van der Waals surface area contributed by atoms with Crippen LogP contribution in [-0.2, 0) is 4.74 Å². The van der Waals surface area contributed by atoms with Crippen molar-refractivity contribution in [3.8, 4) is 11.8 Å². The number of amides is 1. The third-order valence-corrected chi connectivity index (χ3v) is 4.45. The van der Waals surface area contributed by atoms with Gasteiger partial charge in [-0.1, -0.05) is 11.8 Å². The maximum Gasteiger partial charge on any atom is 0.251 e. The van der Waals surface area contributed by atoms with Gasteiger partial charge in [0.05, 0.1) is 30.5 Å². The summed E-state index contributed by atoms with van der Waals surface area (Å²) in [6, 6.07) is 3.13. The predicted octanol–water partition coefficient (Wildman–Crippen LogP) is -2.52. The fourth-order valence-electron chi connectivity index (χ4n) is 2.93. The van der Waals surface area contributed by atoms with Crippen molar-refractivity contribution in [2.24, 2.45) is 0 Å². The summed E-state index contributed by atoms with van der Waals surface area (Å²) in [6.45, 7) is -0.633. The standard InChI is InChI=1S/C18H21N3O7/c22-4-3-19-18(27)10-5-9(14-11(6-10)7-20-21-14)1-2-12-15(24)17(26)16(25)13(8-23)28-12/h5-7,12-13,15-17,22-26H,3-4,8H2,(H,19,27)(H,20,21)/t12-,13-,15-,16-,17-/m1/s1. The molecular weight excluding hydrogens is 370 g/mol. The lowest BCUT2D eigenvalue weighted by molar-refractivity contribution is -0.214. The average Bonchev–Trinajstić information content (AvgIpc) is 3.18. The number of aromatic nitrogens is 2. The highest BCUT2D eigenvalue weighted by Gasteiger charge is 2.42. The highest BCUT2D eigenvalue weighted by atomic mass is 16.5. The number of fused-ring (bicyclic) bond motifs is 1. The lowest BCUT2D eigenvalue weighted by Crippen LogP contribution is -2.58. The predicted molar refractivity (Wildman–Crippen MR) is 96.2 cm³/mol. The summed E-state index contributed by atoms with van der Waals surface area (Å²) in [6.07, 6.45) is -5.14. The van der Waals surface area contributed by atoms with E-state index in [0.29, 0.717) is 22.0 Å². The molecule has 1 fully saturated rings. The number of aliphatic hydroxyl groups excluding tert-OH is 5. The first-order valence-corrected chi connectivity index (χ1v) is 8.64. The minimum absolute atomic E-state index is 0.105. The first-order valence-electron chi connectivity index (χ1n) is 8.64. The molecule has 1 aliphatic heterocycles. The number of nitrogens with zero attached hydrogens (tertiary/aromatic N) is 1. The van der Waals surface area contributed by atoms with Crippen LogP contribution in [0, 0.1) is 11.8 Å². The Bertz CT molecular complexity index is 901. The number of nitrogens with one attached hydrogen (secondary N) is 2. The number of carbonyl (C=O) groups is 1. The Balaban J connectivity index is 1.92. The minimum atomic E-state index is -1.52. The Hall–Kier alpha value is -2.52. The van der Waals surface area contributed by atoms with Gasteiger partial charge in [-0.2, -0.15) is 5.10 Å². The van der Waals surface area contributed by atoms with Gasteiger partial charge in [-0.25, -0.2) is 0 Å². The molecule has 28 heavy (non-hydrogen) atoms. The van der Waals surface area contributed by atoms with Crippen LogP contribution in [0.3, 0.4) is 0 Å². The first-order chi connectivity index (χ1) is 13.5. The van der Waals surface area contributed by atoms with Gasteiger partial charge in [0.2, 0.25) is 0 Å².